The highest BCUT2D eigenvalue weighted by atomic mass is 16.8. The highest BCUT2D eigenvalue weighted by Crippen LogP contribution is 2.34. The van der Waals surface area contributed by atoms with Gasteiger partial charge in [0.1, 0.15) is 12.7 Å². The summed E-state index contributed by atoms with van der Waals surface area (Å²) in [4.78, 5) is 87.3. The molecule has 5 aromatic carbocycles. The van der Waals surface area contributed by atoms with Crippen LogP contribution in [0.25, 0.3) is 0 Å². The van der Waals surface area contributed by atoms with Crippen LogP contribution in [0.1, 0.15) is 62.1 Å². The van der Waals surface area contributed by atoms with Crippen molar-refractivity contribution in [3.63, 3.8) is 0 Å². The van der Waals surface area contributed by atoms with Crippen LogP contribution < -0.4 is 0 Å². The Morgan fingerprint density at radius 1 is 0.473 bits per heavy atom. The maximum atomic E-state index is 13.8. The van der Waals surface area contributed by atoms with Crippen molar-refractivity contribution in [3.05, 3.63) is 179 Å². The number of benzene rings is 5. The van der Waals surface area contributed by atoms with E-state index in [2.05, 4.69) is 0 Å². The number of carbonyl (C=O) groups is 6. The van der Waals surface area contributed by atoms with E-state index in [0.717, 1.165) is 0 Å². The van der Waals surface area contributed by atoms with Gasteiger partial charge in [0, 0.05) is 0 Å². The zero-order chi connectivity index (χ0) is 38.3. The zero-order valence-electron chi connectivity index (χ0n) is 28.8. The molecule has 13 nitrogen and oxygen atoms in total. The van der Waals surface area contributed by atoms with Crippen molar-refractivity contribution in [1.82, 2.24) is 5.06 Å². The van der Waals surface area contributed by atoms with E-state index in [9.17, 15) is 28.8 Å². The normalized spacial score (nSPS) is 20.2. The summed E-state index contributed by atoms with van der Waals surface area (Å²) in [7, 11) is 0. The van der Waals surface area contributed by atoms with Crippen LogP contribution in [0, 0.1) is 0 Å². The molecule has 5 atom stereocenters. The average Bonchev–Trinajstić information content (AvgIpc) is 3.47. The Balaban J connectivity index is 1.30. The highest BCUT2D eigenvalue weighted by Gasteiger charge is 2.55. The van der Waals surface area contributed by atoms with Gasteiger partial charge in [0.15, 0.2) is 18.3 Å². The quantitative estimate of drug-likeness (QED) is 0.0955. The minimum absolute atomic E-state index is 0.0382. The molecule has 7 rings (SSSR count). The van der Waals surface area contributed by atoms with Gasteiger partial charge in [0.2, 0.25) is 6.29 Å². The smallest absolute Gasteiger partial charge is 0.338 e. The molecule has 1 fully saturated rings. The topological polar surface area (TPSA) is 161 Å². The van der Waals surface area contributed by atoms with Gasteiger partial charge in [0.25, 0.3) is 11.8 Å². The molecule has 0 unspecified atom stereocenters. The highest BCUT2D eigenvalue weighted by molar-refractivity contribution is 6.20. The number of fused-ring (bicyclic) bond motifs is 1. The summed E-state index contributed by atoms with van der Waals surface area (Å²) in [5.74, 6) is -5.21. The minimum Gasteiger partial charge on any atom is -0.459 e. The van der Waals surface area contributed by atoms with Crippen molar-refractivity contribution in [1.29, 1.82) is 0 Å². The first-order valence-electron chi connectivity index (χ1n) is 17.1. The number of hydroxylamine groups is 2. The van der Waals surface area contributed by atoms with E-state index in [0.29, 0.717) is 5.06 Å². The Morgan fingerprint density at radius 2 is 0.836 bits per heavy atom. The lowest BCUT2D eigenvalue weighted by Crippen LogP contribution is -2.64. The predicted molar refractivity (Wildman–Crippen MR) is 190 cm³/mol. The van der Waals surface area contributed by atoms with Gasteiger partial charge in [0.05, 0.1) is 33.4 Å². The standard InChI is InChI=1S/C42H31NO12/c44-36-30-23-13-14-24-31(30)37(45)43(36)55-42-35(54-41(49)29-21-11-4-12-22-29)34(53-40(48)28-19-9-3-10-20-28)33(52-39(47)27-17-7-2-8-18-27)32(51-42)25-50-38(46)26-15-5-1-6-16-26/h1-24,32-35,42H,25H2/t32-,33-,34+,35+,42-/m1/s1. The lowest BCUT2D eigenvalue weighted by atomic mass is 9.97. The van der Waals surface area contributed by atoms with Gasteiger partial charge >= 0.3 is 23.9 Å². The molecule has 1 saturated heterocycles. The monoisotopic (exact) mass is 741 g/mol. The molecule has 0 saturated carbocycles. The third-order valence-corrected chi connectivity index (χ3v) is 8.70. The van der Waals surface area contributed by atoms with Gasteiger partial charge in [-0.2, -0.15) is 0 Å². The maximum Gasteiger partial charge on any atom is 0.338 e. The molecule has 0 bridgehead atoms. The summed E-state index contributed by atoms with van der Waals surface area (Å²) in [6.07, 6.45) is -8.59. The van der Waals surface area contributed by atoms with E-state index in [1.54, 1.807) is 84.9 Å². The van der Waals surface area contributed by atoms with E-state index in [-0.39, 0.29) is 33.4 Å². The molecule has 0 aliphatic carbocycles. The summed E-state index contributed by atoms with van der Waals surface area (Å²) in [6.45, 7) is -0.624. The largest absolute Gasteiger partial charge is 0.459 e. The van der Waals surface area contributed by atoms with Crippen molar-refractivity contribution in [2.75, 3.05) is 6.61 Å². The van der Waals surface area contributed by atoms with Crippen molar-refractivity contribution in [2.24, 2.45) is 0 Å². The van der Waals surface area contributed by atoms with Gasteiger partial charge < -0.3 is 23.7 Å². The number of esters is 4. The number of hydrogen-bond acceptors (Lipinski definition) is 12. The number of imide groups is 1. The fourth-order valence-electron chi connectivity index (χ4n) is 5.98. The Morgan fingerprint density at radius 3 is 1.27 bits per heavy atom. The molecule has 0 aromatic heterocycles. The van der Waals surface area contributed by atoms with Crippen LogP contribution in [0.5, 0.6) is 0 Å². The Kier molecular flexibility index (Phi) is 10.8. The SMILES string of the molecule is O=C(OC[C@H]1O[C@H](ON2C(=O)c3ccccc3C2=O)[C@@H](OC(=O)c2ccccc2)[C@@H](OC(=O)c2ccccc2)[C@@H]1OC(=O)c1ccccc1)c1ccccc1. The summed E-state index contributed by atoms with van der Waals surface area (Å²) in [5.41, 5.74) is 0.536. The van der Waals surface area contributed by atoms with E-state index in [4.69, 9.17) is 28.5 Å². The first-order chi connectivity index (χ1) is 26.8. The van der Waals surface area contributed by atoms with E-state index >= 15 is 0 Å². The van der Waals surface area contributed by atoms with Crippen molar-refractivity contribution >= 4 is 35.7 Å². The first-order valence-corrected chi connectivity index (χ1v) is 17.1. The van der Waals surface area contributed by atoms with Gasteiger partial charge in [-0.1, -0.05) is 84.9 Å². The molecular weight excluding hydrogens is 710 g/mol. The average molecular weight is 742 g/mol. The van der Waals surface area contributed by atoms with Crippen molar-refractivity contribution < 1.29 is 57.3 Å². The summed E-state index contributed by atoms with van der Waals surface area (Å²) >= 11 is 0. The predicted octanol–water partition coefficient (Wildman–Crippen LogP) is 5.47. The molecule has 2 heterocycles. The molecular formula is C42H31NO12. The second-order valence-corrected chi connectivity index (χ2v) is 12.3. The lowest BCUT2D eigenvalue weighted by Gasteiger charge is -2.44. The molecule has 0 N–H and O–H groups in total. The molecule has 0 spiro atoms. The van der Waals surface area contributed by atoms with Crippen LogP contribution in [0.15, 0.2) is 146 Å². The number of amides is 2. The Hall–Kier alpha value is -6.96. The second-order valence-electron chi connectivity index (χ2n) is 12.3. The molecule has 2 aliphatic heterocycles. The van der Waals surface area contributed by atoms with E-state index in [1.807, 2.05) is 0 Å². The molecule has 276 valence electrons. The molecule has 55 heavy (non-hydrogen) atoms. The molecule has 2 aliphatic rings. The summed E-state index contributed by atoms with van der Waals surface area (Å²) < 4.78 is 29.8. The third kappa shape index (κ3) is 8.03. The van der Waals surface area contributed by atoms with E-state index < -0.39 is 73.0 Å². The number of nitrogens with zero attached hydrogens (tertiary/aromatic N) is 1. The Labute approximate surface area is 313 Å². The van der Waals surface area contributed by atoms with Gasteiger partial charge in [-0.05, 0) is 60.7 Å². The zero-order valence-corrected chi connectivity index (χ0v) is 28.8. The summed E-state index contributed by atoms with van der Waals surface area (Å²) in [5, 5.41) is 0.443. The van der Waals surface area contributed by atoms with Crippen LogP contribution in [-0.2, 0) is 28.5 Å². The number of rotatable bonds is 11. The van der Waals surface area contributed by atoms with Crippen molar-refractivity contribution in [2.45, 2.75) is 30.7 Å². The maximum absolute atomic E-state index is 13.8. The van der Waals surface area contributed by atoms with Gasteiger partial charge in [-0.15, -0.1) is 5.06 Å². The number of carbonyl (C=O) groups excluding carboxylic acids is 6. The fraction of sp³-hybridized carbons (Fsp3) is 0.143. The minimum atomic E-state index is -1.89. The second kappa shape index (κ2) is 16.4. The first kappa shape index (κ1) is 36.4. The molecule has 5 aromatic rings. The molecule has 13 heteroatoms. The third-order valence-electron chi connectivity index (χ3n) is 8.70. The molecule has 2 amide bonds. The van der Waals surface area contributed by atoms with Gasteiger partial charge in [-0.3, -0.25) is 9.59 Å². The van der Waals surface area contributed by atoms with Crippen LogP contribution >= 0.6 is 0 Å². The van der Waals surface area contributed by atoms with Crippen LogP contribution in [0.4, 0.5) is 0 Å². The Bertz CT molecular complexity index is 2160. The van der Waals surface area contributed by atoms with Crippen LogP contribution in [0.2, 0.25) is 0 Å². The number of hydrogen-bond donors (Lipinski definition) is 0. The molecule has 0 radical (unpaired) electrons. The van der Waals surface area contributed by atoms with E-state index in [1.165, 1.54) is 60.7 Å². The van der Waals surface area contributed by atoms with Gasteiger partial charge in [-0.25, -0.2) is 24.0 Å². The fourth-order valence-corrected chi connectivity index (χ4v) is 5.98. The van der Waals surface area contributed by atoms with Crippen molar-refractivity contribution in [3.8, 4) is 0 Å². The number of ether oxygens (including phenoxy) is 5. The van der Waals surface area contributed by atoms with Crippen LogP contribution in [0.3, 0.4) is 0 Å². The van der Waals surface area contributed by atoms with Crippen LogP contribution in [-0.4, -0.2) is 78.1 Å². The lowest BCUT2D eigenvalue weighted by molar-refractivity contribution is -0.335. The summed E-state index contributed by atoms with van der Waals surface area (Å²) in [6, 6.07) is 37.5.